The van der Waals surface area contributed by atoms with Crippen molar-refractivity contribution in [1.82, 2.24) is 5.43 Å². The predicted octanol–water partition coefficient (Wildman–Crippen LogP) is 1.07. The molecule has 8 heteroatoms. The van der Waals surface area contributed by atoms with Gasteiger partial charge in [0.05, 0.1) is 24.3 Å². The van der Waals surface area contributed by atoms with E-state index >= 15 is 0 Å². The molecule has 1 aromatic carbocycles. The topological polar surface area (TPSA) is 105 Å². The first kappa shape index (κ1) is 17.3. The maximum absolute atomic E-state index is 11.8. The summed E-state index contributed by atoms with van der Waals surface area (Å²) in [6.07, 6.45) is 0.641. The summed E-state index contributed by atoms with van der Waals surface area (Å²) >= 11 is 0. The van der Waals surface area contributed by atoms with Gasteiger partial charge in [0.15, 0.2) is 9.84 Å². The Morgan fingerprint density at radius 3 is 2.78 bits per heavy atom. The Morgan fingerprint density at radius 1 is 1.48 bits per heavy atom. The van der Waals surface area contributed by atoms with Gasteiger partial charge in [-0.3, -0.25) is 4.79 Å². The number of sulfone groups is 1. The molecule has 2 rings (SSSR count). The largest absolute Gasteiger partial charge is 0.507 e. The predicted molar refractivity (Wildman–Crippen MR) is 86.4 cm³/mol. The number of carbonyl (C=O) groups is 1. The summed E-state index contributed by atoms with van der Waals surface area (Å²) in [5.74, 6) is 0.242. The molecule has 0 radical (unpaired) electrons. The second-order valence-corrected chi connectivity index (χ2v) is 7.82. The van der Waals surface area contributed by atoms with Gasteiger partial charge >= 0.3 is 0 Å². The molecule has 1 saturated heterocycles. The van der Waals surface area contributed by atoms with Crippen LogP contribution in [0.1, 0.15) is 25.3 Å². The van der Waals surface area contributed by atoms with Crippen molar-refractivity contribution in [3.05, 3.63) is 23.8 Å². The standard InChI is InChI=1S/C15H20N2O5S/c1-10(13-4-3-12(22-2)8-14(13)18)16-17-15(19)7-11-5-6-23(20,21)9-11/h3-4,8,11,18H,5-7,9H2,1-2H3,(H,17,19)/b16-10+/t11-/m1/s1. The van der Waals surface area contributed by atoms with Crippen LogP contribution in [0.2, 0.25) is 0 Å². The quantitative estimate of drug-likeness (QED) is 0.616. The fourth-order valence-electron chi connectivity index (χ4n) is 2.49. The number of benzene rings is 1. The summed E-state index contributed by atoms with van der Waals surface area (Å²) in [6, 6.07) is 4.78. The van der Waals surface area contributed by atoms with Crippen molar-refractivity contribution in [3.8, 4) is 11.5 Å². The third-order valence-corrected chi connectivity index (χ3v) is 5.58. The average Bonchev–Trinajstić information content (AvgIpc) is 2.83. The fourth-order valence-corrected chi connectivity index (χ4v) is 4.35. The van der Waals surface area contributed by atoms with Crippen LogP contribution in [-0.4, -0.2) is 43.8 Å². The number of amides is 1. The van der Waals surface area contributed by atoms with Crippen LogP contribution in [0.4, 0.5) is 0 Å². The number of aromatic hydroxyl groups is 1. The number of carbonyl (C=O) groups excluding carboxylic acids is 1. The normalized spacial score (nSPS) is 20.3. The van der Waals surface area contributed by atoms with E-state index in [1.54, 1.807) is 19.1 Å². The molecule has 126 valence electrons. The molecular formula is C15H20N2O5S. The van der Waals surface area contributed by atoms with E-state index < -0.39 is 9.84 Å². The summed E-state index contributed by atoms with van der Waals surface area (Å²) in [5, 5.41) is 13.9. The Bertz CT molecular complexity index is 727. The van der Waals surface area contributed by atoms with Crippen LogP contribution in [0, 0.1) is 5.92 Å². The van der Waals surface area contributed by atoms with Gasteiger partial charge in [-0.1, -0.05) is 0 Å². The molecular weight excluding hydrogens is 320 g/mol. The van der Waals surface area contributed by atoms with Crippen molar-refractivity contribution in [2.45, 2.75) is 19.8 Å². The van der Waals surface area contributed by atoms with E-state index in [2.05, 4.69) is 10.5 Å². The van der Waals surface area contributed by atoms with Gasteiger partial charge in [0, 0.05) is 18.1 Å². The summed E-state index contributed by atoms with van der Waals surface area (Å²) in [7, 11) is -1.49. The Morgan fingerprint density at radius 2 is 2.22 bits per heavy atom. The number of ether oxygens (including phenoxy) is 1. The molecule has 2 N–H and O–H groups in total. The number of nitrogens with one attached hydrogen (secondary N) is 1. The lowest BCUT2D eigenvalue weighted by molar-refractivity contribution is -0.121. The zero-order chi connectivity index (χ0) is 17.0. The van der Waals surface area contributed by atoms with Crippen LogP contribution in [0.25, 0.3) is 0 Å². The van der Waals surface area contributed by atoms with E-state index in [-0.39, 0.29) is 35.5 Å². The van der Waals surface area contributed by atoms with E-state index in [4.69, 9.17) is 4.74 Å². The molecule has 1 atom stereocenters. The number of nitrogens with zero attached hydrogens (tertiary/aromatic N) is 1. The van der Waals surface area contributed by atoms with Gasteiger partial charge < -0.3 is 9.84 Å². The lowest BCUT2D eigenvalue weighted by Gasteiger charge is -2.08. The fraction of sp³-hybridized carbons (Fsp3) is 0.467. The number of phenolic OH excluding ortho intramolecular Hbond substituents is 1. The molecule has 0 bridgehead atoms. The van der Waals surface area contributed by atoms with E-state index in [1.165, 1.54) is 13.2 Å². The van der Waals surface area contributed by atoms with Crippen LogP contribution in [0.5, 0.6) is 11.5 Å². The first-order valence-corrected chi connectivity index (χ1v) is 9.04. The van der Waals surface area contributed by atoms with E-state index in [9.17, 15) is 18.3 Å². The zero-order valence-electron chi connectivity index (χ0n) is 13.1. The molecule has 0 saturated carbocycles. The van der Waals surface area contributed by atoms with Gasteiger partial charge in [-0.25, -0.2) is 13.8 Å². The third-order valence-electron chi connectivity index (χ3n) is 3.74. The number of hydrazone groups is 1. The van der Waals surface area contributed by atoms with Crippen molar-refractivity contribution in [2.75, 3.05) is 18.6 Å². The SMILES string of the molecule is COc1ccc(/C(C)=N/NC(=O)C[C@H]2CCS(=O)(=O)C2)c(O)c1. The van der Waals surface area contributed by atoms with E-state index in [0.717, 1.165) is 0 Å². The highest BCUT2D eigenvalue weighted by Crippen LogP contribution is 2.24. The van der Waals surface area contributed by atoms with Gasteiger partial charge in [0.25, 0.3) is 0 Å². The van der Waals surface area contributed by atoms with Crippen LogP contribution >= 0.6 is 0 Å². The number of methoxy groups -OCH3 is 1. The molecule has 0 spiro atoms. The number of phenols is 1. The average molecular weight is 340 g/mol. The summed E-state index contributed by atoms with van der Waals surface area (Å²) in [5.41, 5.74) is 3.33. The highest BCUT2D eigenvalue weighted by Gasteiger charge is 2.29. The third kappa shape index (κ3) is 4.69. The maximum atomic E-state index is 11.8. The molecule has 1 aliphatic rings. The molecule has 1 heterocycles. The highest BCUT2D eigenvalue weighted by molar-refractivity contribution is 7.91. The monoisotopic (exact) mass is 340 g/mol. The molecule has 1 amide bonds. The molecule has 1 aliphatic heterocycles. The zero-order valence-corrected chi connectivity index (χ0v) is 13.9. The van der Waals surface area contributed by atoms with Crippen molar-refractivity contribution < 1.29 is 23.1 Å². The number of hydrogen-bond donors (Lipinski definition) is 2. The van der Waals surface area contributed by atoms with Gasteiger partial charge in [0.1, 0.15) is 11.5 Å². The van der Waals surface area contributed by atoms with Crippen molar-refractivity contribution in [3.63, 3.8) is 0 Å². The van der Waals surface area contributed by atoms with Crippen LogP contribution in [0.3, 0.4) is 0 Å². The molecule has 1 fully saturated rings. The smallest absolute Gasteiger partial charge is 0.240 e. The van der Waals surface area contributed by atoms with Crippen LogP contribution in [-0.2, 0) is 14.6 Å². The van der Waals surface area contributed by atoms with Gasteiger partial charge in [-0.05, 0) is 31.4 Å². The number of hydrogen-bond acceptors (Lipinski definition) is 6. The first-order chi connectivity index (χ1) is 10.8. The van der Waals surface area contributed by atoms with Gasteiger partial charge in [-0.2, -0.15) is 5.10 Å². The van der Waals surface area contributed by atoms with E-state index in [0.29, 0.717) is 23.4 Å². The molecule has 1 aromatic rings. The minimum atomic E-state index is -2.99. The molecule has 23 heavy (non-hydrogen) atoms. The second-order valence-electron chi connectivity index (χ2n) is 5.59. The summed E-state index contributed by atoms with van der Waals surface area (Å²) in [6.45, 7) is 1.65. The minimum Gasteiger partial charge on any atom is -0.507 e. The van der Waals surface area contributed by atoms with Crippen molar-refractivity contribution in [1.29, 1.82) is 0 Å². The number of rotatable bonds is 5. The Hall–Kier alpha value is -2.09. The Labute approximate surface area is 135 Å². The minimum absolute atomic E-state index is 0.00161. The molecule has 7 nitrogen and oxygen atoms in total. The Kier molecular flexibility index (Phi) is 5.25. The first-order valence-electron chi connectivity index (χ1n) is 7.21. The molecule has 0 aromatic heterocycles. The summed E-state index contributed by atoms with van der Waals surface area (Å²) in [4.78, 5) is 11.8. The Balaban J connectivity index is 1.95. The lowest BCUT2D eigenvalue weighted by Crippen LogP contribution is -2.22. The second kappa shape index (κ2) is 6.99. The summed E-state index contributed by atoms with van der Waals surface area (Å²) < 4.78 is 27.7. The maximum Gasteiger partial charge on any atom is 0.240 e. The van der Waals surface area contributed by atoms with Gasteiger partial charge in [-0.15, -0.1) is 0 Å². The highest BCUT2D eigenvalue weighted by atomic mass is 32.2. The van der Waals surface area contributed by atoms with Crippen LogP contribution < -0.4 is 10.2 Å². The van der Waals surface area contributed by atoms with E-state index in [1.807, 2.05) is 0 Å². The molecule has 0 aliphatic carbocycles. The van der Waals surface area contributed by atoms with Crippen molar-refractivity contribution >= 4 is 21.5 Å². The van der Waals surface area contributed by atoms with Gasteiger partial charge in [0.2, 0.25) is 5.91 Å². The van der Waals surface area contributed by atoms with Crippen molar-refractivity contribution in [2.24, 2.45) is 11.0 Å². The lowest BCUT2D eigenvalue weighted by atomic mass is 10.1. The molecule has 0 unspecified atom stereocenters. The van der Waals surface area contributed by atoms with Crippen LogP contribution in [0.15, 0.2) is 23.3 Å².